The SMILES string of the molecule is Clc1cccc(-c2cccc(-c3oc(-c4ccccc4)c(-c4ccccc4)c3-c3ccccc3)c2)c1. The summed E-state index contributed by atoms with van der Waals surface area (Å²) in [6.45, 7) is 0. The van der Waals surface area contributed by atoms with E-state index in [-0.39, 0.29) is 0 Å². The van der Waals surface area contributed by atoms with Crippen LogP contribution in [0.15, 0.2) is 144 Å². The summed E-state index contributed by atoms with van der Waals surface area (Å²) < 4.78 is 6.82. The van der Waals surface area contributed by atoms with Gasteiger partial charge in [0.25, 0.3) is 0 Å². The topological polar surface area (TPSA) is 13.1 Å². The molecule has 6 aromatic rings. The molecule has 172 valence electrons. The van der Waals surface area contributed by atoms with E-state index >= 15 is 0 Å². The van der Waals surface area contributed by atoms with Crippen molar-refractivity contribution in [3.05, 3.63) is 145 Å². The van der Waals surface area contributed by atoms with E-state index in [4.69, 9.17) is 16.0 Å². The molecule has 0 atom stereocenters. The maximum absolute atomic E-state index is 6.82. The third kappa shape index (κ3) is 4.26. The van der Waals surface area contributed by atoms with Gasteiger partial charge in [-0.05, 0) is 40.5 Å². The molecule has 0 aliphatic carbocycles. The van der Waals surface area contributed by atoms with E-state index in [2.05, 4.69) is 91.0 Å². The van der Waals surface area contributed by atoms with Crippen LogP contribution in [0.25, 0.3) is 56.0 Å². The van der Waals surface area contributed by atoms with Gasteiger partial charge in [0.15, 0.2) is 0 Å². The van der Waals surface area contributed by atoms with E-state index in [1.54, 1.807) is 0 Å². The Bertz CT molecular complexity index is 1620. The summed E-state index contributed by atoms with van der Waals surface area (Å²) in [5.74, 6) is 1.71. The minimum atomic E-state index is 0.721. The van der Waals surface area contributed by atoms with Gasteiger partial charge < -0.3 is 4.42 Å². The van der Waals surface area contributed by atoms with Crippen LogP contribution in [-0.4, -0.2) is 0 Å². The number of hydrogen-bond donors (Lipinski definition) is 0. The molecule has 0 aliphatic rings. The summed E-state index contributed by atoms with van der Waals surface area (Å²) in [5.41, 5.74) is 8.65. The van der Waals surface area contributed by atoms with Crippen LogP contribution in [-0.2, 0) is 0 Å². The van der Waals surface area contributed by atoms with Crippen molar-refractivity contribution in [2.45, 2.75) is 0 Å². The first-order valence-electron chi connectivity index (χ1n) is 12.0. The smallest absolute Gasteiger partial charge is 0.143 e. The molecule has 0 radical (unpaired) electrons. The van der Waals surface area contributed by atoms with Crippen molar-refractivity contribution in [2.24, 2.45) is 0 Å². The summed E-state index contributed by atoms with van der Waals surface area (Å²) in [5, 5.41) is 0.721. The second-order valence-electron chi connectivity index (χ2n) is 8.70. The normalized spacial score (nSPS) is 10.9. The molecule has 0 spiro atoms. The van der Waals surface area contributed by atoms with Crippen LogP contribution in [0.3, 0.4) is 0 Å². The standard InChI is InChI=1S/C34H23ClO/c35-30-21-11-19-28(23-30)27-18-10-20-29(22-27)34-32(25-14-6-2-7-15-25)31(24-12-4-1-5-13-24)33(36-34)26-16-8-3-9-17-26/h1-23H. The van der Waals surface area contributed by atoms with Gasteiger partial charge in [-0.1, -0.05) is 133 Å². The number of benzene rings is 5. The van der Waals surface area contributed by atoms with Crippen molar-refractivity contribution in [3.8, 4) is 56.0 Å². The highest BCUT2D eigenvalue weighted by atomic mass is 35.5. The van der Waals surface area contributed by atoms with Gasteiger partial charge in [-0.3, -0.25) is 0 Å². The highest BCUT2D eigenvalue weighted by molar-refractivity contribution is 6.30. The third-order valence-electron chi connectivity index (χ3n) is 6.35. The highest BCUT2D eigenvalue weighted by Crippen LogP contribution is 2.48. The van der Waals surface area contributed by atoms with Crippen molar-refractivity contribution in [2.75, 3.05) is 0 Å². The first-order chi connectivity index (χ1) is 17.8. The lowest BCUT2D eigenvalue weighted by atomic mass is 9.91. The molecule has 0 fully saturated rings. The van der Waals surface area contributed by atoms with Gasteiger partial charge in [-0.25, -0.2) is 0 Å². The molecule has 0 saturated heterocycles. The van der Waals surface area contributed by atoms with Crippen LogP contribution in [0, 0.1) is 0 Å². The molecule has 2 heteroatoms. The van der Waals surface area contributed by atoms with Gasteiger partial charge in [0, 0.05) is 27.3 Å². The summed E-state index contributed by atoms with van der Waals surface area (Å²) in [4.78, 5) is 0. The molecule has 0 aliphatic heterocycles. The van der Waals surface area contributed by atoms with Gasteiger partial charge in [-0.2, -0.15) is 0 Å². The lowest BCUT2D eigenvalue weighted by molar-refractivity contribution is 0.599. The summed E-state index contributed by atoms with van der Waals surface area (Å²) in [7, 11) is 0. The van der Waals surface area contributed by atoms with E-state index < -0.39 is 0 Å². The molecular formula is C34H23ClO. The number of hydrogen-bond acceptors (Lipinski definition) is 1. The minimum absolute atomic E-state index is 0.721. The van der Waals surface area contributed by atoms with Crippen LogP contribution in [0.1, 0.15) is 0 Å². The Morgan fingerprint density at radius 2 is 0.778 bits per heavy atom. The molecule has 0 N–H and O–H groups in total. The van der Waals surface area contributed by atoms with Crippen molar-refractivity contribution in [1.82, 2.24) is 0 Å². The third-order valence-corrected chi connectivity index (χ3v) is 6.59. The van der Waals surface area contributed by atoms with Crippen LogP contribution >= 0.6 is 11.6 Å². The van der Waals surface area contributed by atoms with Crippen molar-refractivity contribution in [3.63, 3.8) is 0 Å². The van der Waals surface area contributed by atoms with Crippen LogP contribution in [0.2, 0.25) is 5.02 Å². The first kappa shape index (κ1) is 22.2. The van der Waals surface area contributed by atoms with Crippen LogP contribution in [0.5, 0.6) is 0 Å². The lowest BCUT2D eigenvalue weighted by Crippen LogP contribution is -1.86. The molecule has 1 nitrogen and oxygen atoms in total. The largest absolute Gasteiger partial charge is 0.455 e. The zero-order valence-corrected chi connectivity index (χ0v) is 20.3. The molecule has 1 heterocycles. The monoisotopic (exact) mass is 482 g/mol. The Morgan fingerprint density at radius 1 is 0.361 bits per heavy atom. The van der Waals surface area contributed by atoms with E-state index in [1.807, 2.05) is 48.5 Å². The van der Waals surface area contributed by atoms with E-state index in [1.165, 1.54) is 0 Å². The average Bonchev–Trinajstić information content (AvgIpc) is 3.35. The first-order valence-corrected chi connectivity index (χ1v) is 12.3. The molecule has 0 unspecified atom stereocenters. The number of halogens is 1. The molecular weight excluding hydrogens is 460 g/mol. The van der Waals surface area contributed by atoms with Crippen LogP contribution in [0.4, 0.5) is 0 Å². The predicted molar refractivity (Wildman–Crippen MR) is 151 cm³/mol. The Hall–Kier alpha value is -4.33. The number of rotatable bonds is 5. The van der Waals surface area contributed by atoms with Gasteiger partial charge in [0.2, 0.25) is 0 Å². The number of furan rings is 1. The zero-order valence-electron chi connectivity index (χ0n) is 19.6. The fraction of sp³-hybridized carbons (Fsp3) is 0. The summed E-state index contributed by atoms with van der Waals surface area (Å²) >= 11 is 6.30. The maximum atomic E-state index is 6.82. The van der Waals surface area contributed by atoms with Crippen molar-refractivity contribution in [1.29, 1.82) is 0 Å². The molecule has 0 saturated carbocycles. The lowest BCUT2D eigenvalue weighted by Gasteiger charge is -2.09. The Labute approximate surface area is 216 Å². The molecule has 6 rings (SSSR count). The molecule has 0 amide bonds. The van der Waals surface area contributed by atoms with Crippen molar-refractivity contribution >= 4 is 11.6 Å². The molecule has 36 heavy (non-hydrogen) atoms. The van der Waals surface area contributed by atoms with E-state index in [9.17, 15) is 0 Å². The van der Waals surface area contributed by atoms with Gasteiger partial charge in [0.1, 0.15) is 11.5 Å². The predicted octanol–water partition coefficient (Wildman–Crippen LogP) is 10.3. The summed E-state index contributed by atoms with van der Waals surface area (Å²) in [6, 6.07) is 47.7. The van der Waals surface area contributed by atoms with Gasteiger partial charge in [-0.15, -0.1) is 0 Å². The fourth-order valence-corrected chi connectivity index (χ4v) is 4.89. The fourth-order valence-electron chi connectivity index (χ4n) is 4.70. The second kappa shape index (κ2) is 9.73. The van der Waals surface area contributed by atoms with Crippen molar-refractivity contribution < 1.29 is 4.42 Å². The van der Waals surface area contributed by atoms with E-state index in [0.717, 1.165) is 61.1 Å². The Morgan fingerprint density at radius 3 is 1.33 bits per heavy atom. The molecule has 0 bridgehead atoms. The molecule has 5 aromatic carbocycles. The Kier molecular flexibility index (Phi) is 5.99. The zero-order chi connectivity index (χ0) is 24.3. The maximum Gasteiger partial charge on any atom is 0.143 e. The van der Waals surface area contributed by atoms with E-state index in [0.29, 0.717) is 0 Å². The summed E-state index contributed by atoms with van der Waals surface area (Å²) in [6.07, 6.45) is 0. The minimum Gasteiger partial charge on any atom is -0.455 e. The highest BCUT2D eigenvalue weighted by Gasteiger charge is 2.25. The van der Waals surface area contributed by atoms with Gasteiger partial charge >= 0.3 is 0 Å². The molecule has 1 aromatic heterocycles. The quantitative estimate of drug-likeness (QED) is 0.238. The van der Waals surface area contributed by atoms with Gasteiger partial charge in [0.05, 0.1) is 0 Å². The van der Waals surface area contributed by atoms with Crippen LogP contribution < -0.4 is 0 Å². The second-order valence-corrected chi connectivity index (χ2v) is 9.14. The Balaban J connectivity index is 1.65. The average molecular weight is 483 g/mol.